The molecule has 0 fully saturated rings. The highest BCUT2D eigenvalue weighted by Crippen LogP contribution is 2.32. The van der Waals surface area contributed by atoms with Crippen LogP contribution in [0.2, 0.25) is 0 Å². The van der Waals surface area contributed by atoms with Crippen LogP contribution in [0.1, 0.15) is 17.5 Å². The first-order valence-electron chi connectivity index (χ1n) is 6.86. The Morgan fingerprint density at radius 3 is 2.00 bits per heavy atom. The lowest BCUT2D eigenvalue weighted by atomic mass is 9.92. The van der Waals surface area contributed by atoms with Crippen molar-refractivity contribution < 1.29 is 9.53 Å². The summed E-state index contributed by atoms with van der Waals surface area (Å²) < 4.78 is 7.37. The molecular weight excluding hydrogens is 396 g/mol. The standard InChI is InChI=1S/C17H14Br2O2/c18-13-2-4-15-11(9-13)1-6-17(20)21-8-7-12-10-14(19)3-5-16(12)15/h2-5,9-10H,1,6-8H2. The van der Waals surface area contributed by atoms with Gasteiger partial charge in [-0.25, -0.2) is 0 Å². The molecule has 1 aliphatic rings. The van der Waals surface area contributed by atoms with E-state index in [4.69, 9.17) is 4.74 Å². The van der Waals surface area contributed by atoms with Crippen LogP contribution in [0.4, 0.5) is 0 Å². The number of carbonyl (C=O) groups excluding carboxylic acids is 1. The van der Waals surface area contributed by atoms with Gasteiger partial charge >= 0.3 is 5.97 Å². The third kappa shape index (κ3) is 3.38. The number of benzene rings is 2. The van der Waals surface area contributed by atoms with Gasteiger partial charge in [0.05, 0.1) is 6.61 Å². The molecule has 1 aliphatic heterocycles. The fourth-order valence-electron chi connectivity index (χ4n) is 2.65. The van der Waals surface area contributed by atoms with Gasteiger partial charge in [-0.3, -0.25) is 4.79 Å². The van der Waals surface area contributed by atoms with Crippen LogP contribution in [0, 0.1) is 0 Å². The molecule has 21 heavy (non-hydrogen) atoms. The summed E-state index contributed by atoms with van der Waals surface area (Å²) in [6.45, 7) is 0.439. The molecule has 0 amide bonds. The molecule has 0 aliphatic carbocycles. The monoisotopic (exact) mass is 408 g/mol. The summed E-state index contributed by atoms with van der Waals surface area (Å²) >= 11 is 7.03. The molecule has 2 aromatic carbocycles. The van der Waals surface area contributed by atoms with E-state index in [2.05, 4.69) is 68.3 Å². The van der Waals surface area contributed by atoms with E-state index < -0.39 is 0 Å². The van der Waals surface area contributed by atoms with Gasteiger partial charge in [-0.15, -0.1) is 0 Å². The van der Waals surface area contributed by atoms with Crippen molar-refractivity contribution in [1.29, 1.82) is 0 Å². The second-order valence-electron chi connectivity index (χ2n) is 5.07. The summed E-state index contributed by atoms with van der Waals surface area (Å²) in [5, 5.41) is 0. The molecule has 0 spiro atoms. The van der Waals surface area contributed by atoms with Gasteiger partial charge in [-0.2, -0.15) is 0 Å². The Morgan fingerprint density at radius 1 is 0.810 bits per heavy atom. The lowest BCUT2D eigenvalue weighted by Gasteiger charge is -2.17. The third-order valence-electron chi connectivity index (χ3n) is 3.66. The van der Waals surface area contributed by atoms with Gasteiger partial charge in [0.1, 0.15) is 0 Å². The fraction of sp³-hybridized carbons (Fsp3) is 0.235. The molecule has 0 saturated heterocycles. The van der Waals surface area contributed by atoms with Crippen molar-refractivity contribution in [3.05, 3.63) is 56.5 Å². The molecule has 2 aromatic rings. The van der Waals surface area contributed by atoms with Crippen LogP contribution in [0.25, 0.3) is 11.1 Å². The Morgan fingerprint density at radius 2 is 1.38 bits per heavy atom. The molecule has 0 aromatic heterocycles. The molecule has 3 rings (SSSR count). The SMILES string of the molecule is O=C1CCc2cc(Br)ccc2-c2ccc(Br)cc2CCO1. The molecule has 0 N–H and O–H groups in total. The van der Waals surface area contributed by atoms with Crippen LogP contribution in [0.5, 0.6) is 0 Å². The number of hydrogen-bond acceptors (Lipinski definition) is 2. The van der Waals surface area contributed by atoms with E-state index >= 15 is 0 Å². The summed E-state index contributed by atoms with van der Waals surface area (Å²) in [5.41, 5.74) is 4.79. The topological polar surface area (TPSA) is 26.3 Å². The number of hydrogen-bond donors (Lipinski definition) is 0. The number of ether oxygens (including phenoxy) is 1. The minimum atomic E-state index is -0.126. The first-order valence-corrected chi connectivity index (χ1v) is 8.45. The van der Waals surface area contributed by atoms with Gasteiger partial charge in [0.15, 0.2) is 0 Å². The summed E-state index contributed by atoms with van der Waals surface area (Å²) in [5.74, 6) is -0.126. The zero-order valence-electron chi connectivity index (χ0n) is 11.4. The number of rotatable bonds is 0. The highest BCUT2D eigenvalue weighted by molar-refractivity contribution is 9.10. The number of aryl methyl sites for hydroxylation is 1. The molecule has 0 atom stereocenters. The Hall–Kier alpha value is -1.13. The molecule has 0 bridgehead atoms. The molecular formula is C17H14Br2O2. The number of halogens is 2. The highest BCUT2D eigenvalue weighted by Gasteiger charge is 2.15. The van der Waals surface area contributed by atoms with Gasteiger partial charge in [0, 0.05) is 21.8 Å². The van der Waals surface area contributed by atoms with Crippen LogP contribution in [-0.2, 0) is 22.4 Å². The first kappa shape index (κ1) is 14.8. The number of cyclic esters (lactones) is 1. The number of esters is 1. The van der Waals surface area contributed by atoms with Crippen molar-refractivity contribution in [3.8, 4) is 11.1 Å². The highest BCUT2D eigenvalue weighted by atomic mass is 79.9. The lowest BCUT2D eigenvalue weighted by Crippen LogP contribution is -2.11. The van der Waals surface area contributed by atoms with Crippen molar-refractivity contribution in [3.63, 3.8) is 0 Å². The van der Waals surface area contributed by atoms with Gasteiger partial charge in [-0.1, -0.05) is 44.0 Å². The van der Waals surface area contributed by atoms with E-state index in [1.165, 1.54) is 22.3 Å². The maximum atomic E-state index is 11.7. The van der Waals surface area contributed by atoms with E-state index in [9.17, 15) is 4.79 Å². The average Bonchev–Trinajstić information content (AvgIpc) is 2.46. The van der Waals surface area contributed by atoms with E-state index in [1.807, 2.05) is 0 Å². The second kappa shape index (κ2) is 6.32. The average molecular weight is 410 g/mol. The smallest absolute Gasteiger partial charge is 0.306 e. The van der Waals surface area contributed by atoms with Gasteiger partial charge in [-0.05, 0) is 52.9 Å². The van der Waals surface area contributed by atoms with Crippen molar-refractivity contribution >= 4 is 37.8 Å². The normalized spacial score (nSPS) is 14.9. The molecule has 0 saturated carbocycles. The summed E-state index contributed by atoms with van der Waals surface area (Å²) in [7, 11) is 0. The first-order chi connectivity index (χ1) is 10.1. The zero-order chi connectivity index (χ0) is 14.8. The Bertz CT molecular complexity index is 695. The van der Waals surface area contributed by atoms with E-state index in [1.54, 1.807) is 0 Å². The van der Waals surface area contributed by atoms with E-state index in [0.29, 0.717) is 19.4 Å². The zero-order valence-corrected chi connectivity index (χ0v) is 14.5. The van der Waals surface area contributed by atoms with Crippen LogP contribution in [0.15, 0.2) is 45.3 Å². The minimum Gasteiger partial charge on any atom is -0.465 e. The summed E-state index contributed by atoms with van der Waals surface area (Å²) in [4.78, 5) is 11.7. The largest absolute Gasteiger partial charge is 0.465 e. The minimum absolute atomic E-state index is 0.126. The van der Waals surface area contributed by atoms with Gasteiger partial charge in [0.2, 0.25) is 0 Å². The summed E-state index contributed by atoms with van der Waals surface area (Å²) in [6.07, 6.45) is 1.86. The Labute approximate surface area is 140 Å². The summed E-state index contributed by atoms with van der Waals surface area (Å²) in [6, 6.07) is 12.6. The molecule has 4 heteroatoms. The predicted octanol–water partition coefficient (Wildman–Crippen LogP) is 4.91. The molecule has 1 heterocycles. The predicted molar refractivity (Wildman–Crippen MR) is 90.3 cm³/mol. The third-order valence-corrected chi connectivity index (χ3v) is 4.64. The maximum absolute atomic E-state index is 11.7. The van der Waals surface area contributed by atoms with E-state index in [0.717, 1.165) is 15.4 Å². The number of fused-ring (bicyclic) bond motifs is 3. The number of carbonyl (C=O) groups is 1. The molecule has 0 unspecified atom stereocenters. The molecule has 0 radical (unpaired) electrons. The molecule has 108 valence electrons. The van der Waals surface area contributed by atoms with Crippen molar-refractivity contribution in [2.75, 3.05) is 6.61 Å². The van der Waals surface area contributed by atoms with E-state index in [-0.39, 0.29) is 5.97 Å². The van der Waals surface area contributed by atoms with Crippen LogP contribution >= 0.6 is 31.9 Å². The maximum Gasteiger partial charge on any atom is 0.306 e. The Kier molecular flexibility index (Phi) is 4.45. The quantitative estimate of drug-likeness (QED) is 0.577. The van der Waals surface area contributed by atoms with Crippen LogP contribution in [-0.4, -0.2) is 12.6 Å². The van der Waals surface area contributed by atoms with Gasteiger partial charge in [0.25, 0.3) is 0 Å². The Balaban J connectivity index is 2.16. The second-order valence-corrected chi connectivity index (χ2v) is 6.90. The fourth-order valence-corrected chi connectivity index (χ4v) is 3.46. The molecule has 2 nitrogen and oxygen atoms in total. The van der Waals surface area contributed by atoms with Crippen molar-refractivity contribution in [1.82, 2.24) is 0 Å². The van der Waals surface area contributed by atoms with Crippen molar-refractivity contribution in [2.45, 2.75) is 19.3 Å². The lowest BCUT2D eigenvalue weighted by molar-refractivity contribution is -0.143. The van der Waals surface area contributed by atoms with Crippen molar-refractivity contribution in [2.24, 2.45) is 0 Å². The van der Waals surface area contributed by atoms with Crippen LogP contribution < -0.4 is 0 Å². The van der Waals surface area contributed by atoms with Crippen LogP contribution in [0.3, 0.4) is 0 Å². The van der Waals surface area contributed by atoms with Gasteiger partial charge < -0.3 is 4.74 Å².